The first-order valence-electron chi connectivity index (χ1n) is 8.86. The van der Waals surface area contributed by atoms with Gasteiger partial charge in [-0.3, -0.25) is 0 Å². The Morgan fingerprint density at radius 3 is 3.12 bits per heavy atom. The standard InChI is InChI=1S/C19H24N6/c1-20-18-10-19(24-13-23-18)25-8-2-3-16(25)12-21-11-14-4-5-17-15(9-14)6-7-22-17/h4-7,9-10,13,16,21-22H,2-3,8,11-12H2,1H3,(H,20,23,24)/t16-/m0/s1. The van der Waals surface area contributed by atoms with Gasteiger partial charge in [-0.05, 0) is 42.0 Å². The number of hydrogen-bond donors (Lipinski definition) is 3. The van der Waals surface area contributed by atoms with Crippen LogP contribution >= 0.6 is 0 Å². The summed E-state index contributed by atoms with van der Waals surface area (Å²) in [7, 11) is 1.89. The molecule has 4 rings (SSSR count). The van der Waals surface area contributed by atoms with Gasteiger partial charge in [-0.2, -0.15) is 0 Å². The number of nitrogens with one attached hydrogen (secondary N) is 3. The van der Waals surface area contributed by atoms with Crippen LogP contribution in [0.5, 0.6) is 0 Å². The lowest BCUT2D eigenvalue weighted by atomic mass is 10.1. The van der Waals surface area contributed by atoms with Gasteiger partial charge in [-0.15, -0.1) is 0 Å². The Hall–Kier alpha value is -2.60. The predicted octanol–water partition coefficient (Wildman–Crippen LogP) is 2.76. The molecule has 0 saturated carbocycles. The van der Waals surface area contributed by atoms with Crippen molar-refractivity contribution in [2.24, 2.45) is 0 Å². The average molecular weight is 336 g/mol. The predicted molar refractivity (Wildman–Crippen MR) is 102 cm³/mol. The van der Waals surface area contributed by atoms with Crippen molar-refractivity contribution in [3.05, 3.63) is 48.4 Å². The van der Waals surface area contributed by atoms with Crippen LogP contribution in [0.1, 0.15) is 18.4 Å². The van der Waals surface area contributed by atoms with Crippen molar-refractivity contribution < 1.29 is 0 Å². The lowest BCUT2D eigenvalue weighted by Crippen LogP contribution is -2.38. The summed E-state index contributed by atoms with van der Waals surface area (Å²) >= 11 is 0. The second kappa shape index (κ2) is 7.11. The van der Waals surface area contributed by atoms with Gasteiger partial charge in [-0.1, -0.05) is 6.07 Å². The van der Waals surface area contributed by atoms with Gasteiger partial charge in [0.1, 0.15) is 18.0 Å². The molecular weight excluding hydrogens is 312 g/mol. The monoisotopic (exact) mass is 336 g/mol. The zero-order valence-corrected chi connectivity index (χ0v) is 14.5. The van der Waals surface area contributed by atoms with Crippen LogP contribution in [0.4, 0.5) is 11.6 Å². The first-order chi connectivity index (χ1) is 12.3. The van der Waals surface area contributed by atoms with Crippen LogP contribution in [0.3, 0.4) is 0 Å². The van der Waals surface area contributed by atoms with Crippen LogP contribution in [0.25, 0.3) is 10.9 Å². The summed E-state index contributed by atoms with van der Waals surface area (Å²) in [5.74, 6) is 1.88. The third-order valence-corrected chi connectivity index (χ3v) is 4.91. The lowest BCUT2D eigenvalue weighted by Gasteiger charge is -2.26. The Morgan fingerprint density at radius 2 is 2.20 bits per heavy atom. The van der Waals surface area contributed by atoms with E-state index in [-0.39, 0.29) is 0 Å². The van der Waals surface area contributed by atoms with Gasteiger partial charge in [0, 0.05) is 50.5 Å². The number of anilines is 2. The number of fused-ring (bicyclic) bond motifs is 1. The molecule has 0 unspecified atom stereocenters. The SMILES string of the molecule is CNc1cc(N2CCC[C@H]2CNCc2ccc3[nH]ccc3c2)ncn1. The minimum Gasteiger partial charge on any atom is -0.373 e. The van der Waals surface area contributed by atoms with Crippen LogP contribution in [-0.4, -0.2) is 41.1 Å². The van der Waals surface area contributed by atoms with Gasteiger partial charge in [0.25, 0.3) is 0 Å². The molecule has 1 aliphatic rings. The zero-order valence-electron chi connectivity index (χ0n) is 14.5. The highest BCUT2D eigenvalue weighted by atomic mass is 15.2. The molecule has 1 saturated heterocycles. The molecule has 1 aromatic carbocycles. The third kappa shape index (κ3) is 3.44. The quantitative estimate of drug-likeness (QED) is 0.646. The fourth-order valence-corrected chi connectivity index (χ4v) is 3.59. The third-order valence-electron chi connectivity index (χ3n) is 4.91. The molecule has 25 heavy (non-hydrogen) atoms. The second-order valence-electron chi connectivity index (χ2n) is 6.53. The molecule has 6 nitrogen and oxygen atoms in total. The number of H-pyrrole nitrogens is 1. The van der Waals surface area contributed by atoms with Crippen LogP contribution in [-0.2, 0) is 6.54 Å². The summed E-state index contributed by atoms with van der Waals surface area (Å²) in [4.78, 5) is 14.3. The van der Waals surface area contributed by atoms with Crippen molar-refractivity contribution in [3.63, 3.8) is 0 Å². The highest BCUT2D eigenvalue weighted by Gasteiger charge is 2.25. The largest absolute Gasteiger partial charge is 0.373 e. The van der Waals surface area contributed by atoms with Crippen molar-refractivity contribution in [1.82, 2.24) is 20.3 Å². The van der Waals surface area contributed by atoms with E-state index in [2.05, 4.69) is 54.8 Å². The Labute approximate surface area is 147 Å². The first kappa shape index (κ1) is 15.9. The lowest BCUT2D eigenvalue weighted by molar-refractivity contribution is 0.571. The van der Waals surface area contributed by atoms with E-state index in [1.165, 1.54) is 29.3 Å². The molecule has 3 N–H and O–H groups in total. The van der Waals surface area contributed by atoms with E-state index >= 15 is 0 Å². The topological polar surface area (TPSA) is 68.9 Å². The van der Waals surface area contributed by atoms with Crippen molar-refractivity contribution in [1.29, 1.82) is 0 Å². The summed E-state index contributed by atoms with van der Waals surface area (Å²) in [6.07, 6.45) is 6.03. The molecule has 1 aliphatic heterocycles. The molecular formula is C19H24N6. The molecule has 1 atom stereocenters. The fourth-order valence-electron chi connectivity index (χ4n) is 3.59. The minimum atomic E-state index is 0.482. The van der Waals surface area contributed by atoms with Crippen molar-refractivity contribution in [3.8, 4) is 0 Å². The number of hydrogen-bond acceptors (Lipinski definition) is 5. The van der Waals surface area contributed by atoms with E-state index in [4.69, 9.17) is 0 Å². The van der Waals surface area contributed by atoms with Crippen molar-refractivity contribution in [2.45, 2.75) is 25.4 Å². The molecule has 3 aromatic rings. The molecule has 3 heterocycles. The van der Waals surface area contributed by atoms with Crippen LogP contribution in [0.15, 0.2) is 42.9 Å². The van der Waals surface area contributed by atoms with Crippen LogP contribution in [0, 0.1) is 0 Å². The van der Waals surface area contributed by atoms with E-state index in [9.17, 15) is 0 Å². The summed E-state index contributed by atoms with van der Waals surface area (Å²) in [6.45, 7) is 2.91. The van der Waals surface area contributed by atoms with E-state index in [0.717, 1.165) is 31.3 Å². The Kier molecular flexibility index (Phi) is 4.52. The summed E-state index contributed by atoms with van der Waals surface area (Å²) in [6, 6.07) is 11.2. The molecule has 0 spiro atoms. The molecule has 1 fully saturated rings. The van der Waals surface area contributed by atoms with Crippen molar-refractivity contribution in [2.75, 3.05) is 30.4 Å². The van der Waals surface area contributed by atoms with Crippen LogP contribution < -0.4 is 15.5 Å². The van der Waals surface area contributed by atoms with Gasteiger partial charge in [0.2, 0.25) is 0 Å². The Balaban J connectivity index is 1.37. The number of benzene rings is 1. The number of nitrogens with zero attached hydrogens (tertiary/aromatic N) is 3. The highest BCUT2D eigenvalue weighted by Crippen LogP contribution is 2.24. The summed E-state index contributed by atoms with van der Waals surface area (Å²) in [5, 5.41) is 7.97. The summed E-state index contributed by atoms with van der Waals surface area (Å²) < 4.78 is 0. The molecule has 0 radical (unpaired) electrons. The van der Waals surface area contributed by atoms with Gasteiger partial charge >= 0.3 is 0 Å². The molecule has 0 amide bonds. The van der Waals surface area contributed by atoms with Gasteiger partial charge < -0.3 is 20.5 Å². The second-order valence-corrected chi connectivity index (χ2v) is 6.53. The molecule has 2 aromatic heterocycles. The highest BCUT2D eigenvalue weighted by molar-refractivity contribution is 5.79. The normalized spacial score (nSPS) is 17.3. The van der Waals surface area contributed by atoms with E-state index in [1.54, 1.807) is 6.33 Å². The fraction of sp³-hybridized carbons (Fsp3) is 0.368. The minimum absolute atomic E-state index is 0.482. The van der Waals surface area contributed by atoms with Crippen LogP contribution in [0.2, 0.25) is 0 Å². The molecule has 130 valence electrons. The number of aromatic amines is 1. The van der Waals surface area contributed by atoms with E-state index in [0.29, 0.717) is 6.04 Å². The number of aromatic nitrogens is 3. The smallest absolute Gasteiger partial charge is 0.134 e. The first-order valence-corrected chi connectivity index (χ1v) is 8.86. The average Bonchev–Trinajstić information content (AvgIpc) is 3.30. The van der Waals surface area contributed by atoms with E-state index in [1.807, 2.05) is 19.3 Å². The zero-order chi connectivity index (χ0) is 17.1. The molecule has 6 heteroatoms. The molecule has 0 bridgehead atoms. The maximum absolute atomic E-state index is 4.46. The molecule has 0 aliphatic carbocycles. The maximum Gasteiger partial charge on any atom is 0.134 e. The van der Waals surface area contributed by atoms with Gasteiger partial charge in [0.15, 0.2) is 0 Å². The Morgan fingerprint density at radius 1 is 1.24 bits per heavy atom. The number of rotatable bonds is 6. The Bertz CT molecular complexity index is 843. The van der Waals surface area contributed by atoms with Crippen molar-refractivity contribution >= 4 is 22.5 Å². The summed E-state index contributed by atoms with van der Waals surface area (Å²) in [5.41, 5.74) is 2.51. The van der Waals surface area contributed by atoms with Gasteiger partial charge in [-0.25, -0.2) is 9.97 Å². The van der Waals surface area contributed by atoms with Gasteiger partial charge in [0.05, 0.1) is 0 Å². The maximum atomic E-state index is 4.46. The van der Waals surface area contributed by atoms with E-state index < -0.39 is 0 Å².